The average Bonchev–Trinajstić information content (AvgIpc) is 2.47. The predicted molar refractivity (Wildman–Crippen MR) is 72.3 cm³/mol. The third kappa shape index (κ3) is 3.91. The molecule has 0 radical (unpaired) electrons. The van der Waals surface area contributed by atoms with Crippen molar-refractivity contribution in [2.75, 3.05) is 26.4 Å². The zero-order valence-electron chi connectivity index (χ0n) is 11.2. The maximum atomic E-state index is 13.3. The van der Waals surface area contributed by atoms with Crippen molar-refractivity contribution in [2.24, 2.45) is 5.73 Å². The predicted octanol–water partition coefficient (Wildman–Crippen LogP) is 1.07. The maximum Gasteiger partial charge on any atom is 0.255 e. The minimum absolute atomic E-state index is 0.0573. The summed E-state index contributed by atoms with van der Waals surface area (Å²) in [6, 6.07) is 3.95. The number of hydrogen-bond donors (Lipinski definition) is 2. The van der Waals surface area contributed by atoms with Gasteiger partial charge in [0.15, 0.2) is 0 Å². The van der Waals surface area contributed by atoms with Gasteiger partial charge in [0, 0.05) is 25.8 Å². The van der Waals surface area contributed by atoms with Crippen molar-refractivity contribution in [3.05, 3.63) is 29.6 Å². The molecule has 5 nitrogen and oxygen atoms in total. The van der Waals surface area contributed by atoms with Crippen molar-refractivity contribution in [3.63, 3.8) is 0 Å². The topological polar surface area (TPSA) is 73.6 Å². The minimum Gasteiger partial charge on any atom is -0.491 e. The molecule has 6 heteroatoms. The number of amides is 1. The summed E-state index contributed by atoms with van der Waals surface area (Å²) in [5.41, 5.74) is 5.57. The molecule has 1 amide bonds. The van der Waals surface area contributed by atoms with Crippen LogP contribution in [-0.2, 0) is 4.74 Å². The van der Waals surface area contributed by atoms with Gasteiger partial charge < -0.3 is 20.5 Å². The molecular weight excluding hydrogens is 263 g/mol. The summed E-state index contributed by atoms with van der Waals surface area (Å²) in [6.07, 6.45) is 1.53. The molecule has 1 aromatic rings. The van der Waals surface area contributed by atoms with Crippen molar-refractivity contribution >= 4 is 5.91 Å². The monoisotopic (exact) mass is 282 g/mol. The highest BCUT2D eigenvalue weighted by Gasteiger charge is 2.20. The molecule has 1 aliphatic heterocycles. The molecule has 1 heterocycles. The molecule has 1 fully saturated rings. The largest absolute Gasteiger partial charge is 0.491 e. The third-order valence-corrected chi connectivity index (χ3v) is 3.12. The molecule has 0 aliphatic carbocycles. The van der Waals surface area contributed by atoms with Crippen LogP contribution >= 0.6 is 0 Å². The van der Waals surface area contributed by atoms with E-state index in [4.69, 9.17) is 15.2 Å². The molecule has 0 spiro atoms. The average molecular weight is 282 g/mol. The number of carbonyl (C=O) groups excluding carboxylic acids is 1. The van der Waals surface area contributed by atoms with Gasteiger partial charge in [-0.05, 0) is 31.0 Å². The smallest absolute Gasteiger partial charge is 0.255 e. The molecule has 1 saturated heterocycles. The van der Waals surface area contributed by atoms with Crippen LogP contribution in [0, 0.1) is 5.82 Å². The Morgan fingerprint density at radius 3 is 2.90 bits per heavy atom. The minimum atomic E-state index is -0.470. The van der Waals surface area contributed by atoms with E-state index in [0.29, 0.717) is 25.5 Å². The number of hydrogen-bond acceptors (Lipinski definition) is 4. The molecule has 0 aromatic heterocycles. The first kappa shape index (κ1) is 14.7. The number of ether oxygens (including phenoxy) is 2. The van der Waals surface area contributed by atoms with Crippen molar-refractivity contribution in [1.82, 2.24) is 5.32 Å². The van der Waals surface area contributed by atoms with Crippen LogP contribution in [0.15, 0.2) is 18.2 Å². The molecule has 3 N–H and O–H groups in total. The van der Waals surface area contributed by atoms with Crippen LogP contribution < -0.4 is 15.8 Å². The van der Waals surface area contributed by atoms with E-state index >= 15 is 0 Å². The fraction of sp³-hybridized carbons (Fsp3) is 0.500. The van der Waals surface area contributed by atoms with E-state index in [-0.39, 0.29) is 24.1 Å². The van der Waals surface area contributed by atoms with Gasteiger partial charge in [0.25, 0.3) is 5.91 Å². The Kier molecular flexibility index (Phi) is 5.31. The Morgan fingerprint density at radius 1 is 1.45 bits per heavy atom. The number of benzene rings is 1. The first-order valence-electron chi connectivity index (χ1n) is 6.71. The Labute approximate surface area is 117 Å². The normalized spacial score (nSPS) is 15.9. The third-order valence-electron chi connectivity index (χ3n) is 3.12. The summed E-state index contributed by atoms with van der Waals surface area (Å²) in [5, 5.41) is 2.88. The van der Waals surface area contributed by atoms with Crippen LogP contribution in [0.25, 0.3) is 0 Å². The lowest BCUT2D eigenvalue weighted by atomic mass is 10.1. The van der Waals surface area contributed by atoms with Gasteiger partial charge in [0.2, 0.25) is 0 Å². The Morgan fingerprint density at radius 2 is 2.20 bits per heavy atom. The van der Waals surface area contributed by atoms with Crippen LogP contribution in [0.5, 0.6) is 5.75 Å². The molecule has 0 atom stereocenters. The van der Waals surface area contributed by atoms with E-state index in [0.717, 1.165) is 12.8 Å². The van der Waals surface area contributed by atoms with Gasteiger partial charge >= 0.3 is 0 Å². The summed E-state index contributed by atoms with van der Waals surface area (Å²) >= 11 is 0. The number of halogens is 1. The Hall–Kier alpha value is -1.66. The van der Waals surface area contributed by atoms with Crippen LogP contribution in [0.2, 0.25) is 0 Å². The van der Waals surface area contributed by atoms with Gasteiger partial charge in [-0.2, -0.15) is 0 Å². The van der Waals surface area contributed by atoms with Gasteiger partial charge in [0.1, 0.15) is 18.2 Å². The van der Waals surface area contributed by atoms with Crippen LogP contribution in [-0.4, -0.2) is 38.3 Å². The lowest BCUT2D eigenvalue weighted by Gasteiger charge is -2.23. The number of carbonyl (C=O) groups is 1. The van der Waals surface area contributed by atoms with Crippen molar-refractivity contribution in [3.8, 4) is 5.75 Å². The second kappa shape index (κ2) is 7.21. The first-order chi connectivity index (χ1) is 9.70. The lowest BCUT2D eigenvalue weighted by Crippen LogP contribution is -2.39. The summed E-state index contributed by atoms with van der Waals surface area (Å²) in [4.78, 5) is 12.2. The van der Waals surface area contributed by atoms with Gasteiger partial charge in [-0.15, -0.1) is 0 Å². The fourth-order valence-corrected chi connectivity index (χ4v) is 2.08. The summed E-state index contributed by atoms with van der Waals surface area (Å²) in [5.74, 6) is -0.452. The molecule has 0 bridgehead atoms. The summed E-state index contributed by atoms with van der Waals surface area (Å²) in [7, 11) is 0. The zero-order chi connectivity index (χ0) is 14.4. The van der Waals surface area contributed by atoms with E-state index < -0.39 is 5.82 Å². The summed E-state index contributed by atoms with van der Waals surface area (Å²) < 4.78 is 23.9. The zero-order valence-corrected chi connectivity index (χ0v) is 11.2. The fourth-order valence-electron chi connectivity index (χ4n) is 2.08. The maximum absolute atomic E-state index is 13.3. The quantitative estimate of drug-likeness (QED) is 0.847. The molecule has 0 unspecified atom stereocenters. The number of nitrogens with two attached hydrogens (primary N) is 1. The van der Waals surface area contributed by atoms with Crippen molar-refractivity contribution < 1.29 is 18.7 Å². The highest BCUT2D eigenvalue weighted by atomic mass is 19.1. The van der Waals surface area contributed by atoms with Crippen LogP contribution in [0.3, 0.4) is 0 Å². The van der Waals surface area contributed by atoms with E-state index in [1.807, 2.05) is 0 Å². The second-order valence-electron chi connectivity index (χ2n) is 4.64. The van der Waals surface area contributed by atoms with Crippen LogP contribution in [0.4, 0.5) is 4.39 Å². The van der Waals surface area contributed by atoms with Gasteiger partial charge in [-0.3, -0.25) is 4.79 Å². The van der Waals surface area contributed by atoms with Crippen LogP contribution in [0.1, 0.15) is 23.2 Å². The van der Waals surface area contributed by atoms with E-state index in [2.05, 4.69) is 5.32 Å². The second-order valence-corrected chi connectivity index (χ2v) is 4.64. The molecule has 0 saturated carbocycles. The van der Waals surface area contributed by atoms with Crippen molar-refractivity contribution in [1.29, 1.82) is 0 Å². The highest BCUT2D eigenvalue weighted by molar-refractivity contribution is 5.97. The van der Waals surface area contributed by atoms with Gasteiger partial charge in [-0.25, -0.2) is 4.39 Å². The first-order valence-corrected chi connectivity index (χ1v) is 6.71. The molecule has 1 aromatic carbocycles. The van der Waals surface area contributed by atoms with Crippen molar-refractivity contribution in [2.45, 2.75) is 18.9 Å². The van der Waals surface area contributed by atoms with E-state index in [1.54, 1.807) is 0 Å². The van der Waals surface area contributed by atoms with E-state index in [9.17, 15) is 9.18 Å². The standard InChI is InChI=1S/C14H19FN2O3/c15-10-1-2-13(20-8-5-16)12(9-10)14(18)17-11-3-6-19-7-4-11/h1-2,9,11H,3-8,16H2,(H,17,18). The molecule has 110 valence electrons. The highest BCUT2D eigenvalue weighted by Crippen LogP contribution is 2.20. The molecular formula is C14H19FN2O3. The Bertz CT molecular complexity index is 462. The van der Waals surface area contributed by atoms with Gasteiger partial charge in [-0.1, -0.05) is 0 Å². The summed E-state index contributed by atoms with van der Waals surface area (Å²) in [6.45, 7) is 1.87. The molecule has 1 aliphatic rings. The Balaban J connectivity index is 2.08. The van der Waals surface area contributed by atoms with Gasteiger partial charge in [0.05, 0.1) is 5.56 Å². The number of nitrogens with one attached hydrogen (secondary N) is 1. The molecule has 2 rings (SSSR count). The van der Waals surface area contributed by atoms with E-state index in [1.165, 1.54) is 18.2 Å². The lowest BCUT2D eigenvalue weighted by molar-refractivity contribution is 0.0694. The molecule has 20 heavy (non-hydrogen) atoms. The number of rotatable bonds is 5. The SMILES string of the molecule is NCCOc1ccc(F)cc1C(=O)NC1CCOCC1.